The summed E-state index contributed by atoms with van der Waals surface area (Å²) in [6.07, 6.45) is 0. The third kappa shape index (κ3) is 5.21. The van der Waals surface area contributed by atoms with Gasteiger partial charge in [-0.1, -0.05) is 188 Å². The smallest absolute Gasteiger partial charge is 0.179 e. The molecule has 0 N–H and O–H groups in total. The summed E-state index contributed by atoms with van der Waals surface area (Å²) >= 11 is 0. The van der Waals surface area contributed by atoms with Gasteiger partial charge in [-0.05, 0) is 81.4 Å². The normalized spacial score (nSPS) is 12.1. The molecule has 0 spiro atoms. The van der Waals surface area contributed by atoms with Crippen LogP contribution in [-0.4, -0.2) is 21.8 Å². The van der Waals surface area contributed by atoms with E-state index >= 15 is 0 Å². The minimum atomic E-state index is -2.85. The van der Waals surface area contributed by atoms with Crippen molar-refractivity contribution in [3.8, 4) is 17.1 Å². The van der Waals surface area contributed by atoms with Gasteiger partial charge < -0.3 is 13.7 Å². The molecule has 0 bridgehead atoms. The maximum Gasteiger partial charge on any atom is 0.179 e. The number of aromatic nitrogens is 3. The molecule has 0 radical (unpaired) electrons. The van der Waals surface area contributed by atoms with E-state index in [0.29, 0.717) is 0 Å². The molecule has 64 heavy (non-hydrogen) atoms. The van der Waals surface area contributed by atoms with E-state index in [4.69, 9.17) is 0 Å². The lowest BCUT2D eigenvalue weighted by atomic mass is 10.1. The van der Waals surface area contributed by atoms with Gasteiger partial charge in [0.15, 0.2) is 8.07 Å². The third-order valence-electron chi connectivity index (χ3n) is 13.6. The quantitative estimate of drug-likeness (QED) is 0.112. The standard InChI is InChI=1S/C60H41N3Si/c1-5-21-42(22-6-1)61-54-35-19-37-56(62-51-32-16-13-29-47(51)48-30-14-17-33-52(48)62)59(54)60-55(61)36-20-38-57(60)63-53-34-18-15-31-49(53)50-40-39-46(41-58(50)63)64(43-23-7-2-8-24-43,44-25-9-3-10-26-44)45-27-11-4-12-28-45/h1-41H. The second-order valence-electron chi connectivity index (χ2n) is 16.8. The highest BCUT2D eigenvalue weighted by Crippen LogP contribution is 2.44. The van der Waals surface area contributed by atoms with Crippen molar-refractivity contribution in [2.24, 2.45) is 0 Å². The average Bonchev–Trinajstić information content (AvgIpc) is 4.01. The summed E-state index contributed by atoms with van der Waals surface area (Å²) in [5.41, 5.74) is 10.5. The summed E-state index contributed by atoms with van der Waals surface area (Å²) in [5, 5.41) is 12.8. The van der Waals surface area contributed by atoms with Crippen molar-refractivity contribution in [1.82, 2.24) is 13.7 Å². The Morgan fingerprint density at radius 1 is 0.234 bits per heavy atom. The van der Waals surface area contributed by atoms with Gasteiger partial charge in [-0.3, -0.25) is 0 Å². The fourth-order valence-corrected chi connectivity index (χ4v) is 15.8. The van der Waals surface area contributed by atoms with E-state index in [-0.39, 0.29) is 0 Å². The van der Waals surface area contributed by atoms with Crippen molar-refractivity contribution in [2.45, 2.75) is 0 Å². The maximum absolute atomic E-state index is 2.85. The topological polar surface area (TPSA) is 14.8 Å². The van der Waals surface area contributed by atoms with E-state index in [1.165, 1.54) is 75.1 Å². The number of hydrogen-bond acceptors (Lipinski definition) is 0. The van der Waals surface area contributed by atoms with Crippen molar-refractivity contribution < 1.29 is 0 Å². The average molecular weight is 832 g/mol. The van der Waals surface area contributed by atoms with Crippen LogP contribution in [0.4, 0.5) is 0 Å². The fraction of sp³-hybridized carbons (Fsp3) is 0. The number of para-hydroxylation sites is 4. The van der Waals surface area contributed by atoms with Gasteiger partial charge in [0.1, 0.15) is 0 Å². The van der Waals surface area contributed by atoms with Crippen molar-refractivity contribution in [3.63, 3.8) is 0 Å². The monoisotopic (exact) mass is 831 g/mol. The molecule has 13 aromatic rings. The molecule has 0 fully saturated rings. The zero-order chi connectivity index (χ0) is 42.2. The molecule has 3 aromatic heterocycles. The zero-order valence-corrected chi connectivity index (χ0v) is 36.0. The van der Waals surface area contributed by atoms with Gasteiger partial charge in [-0.25, -0.2) is 0 Å². The van der Waals surface area contributed by atoms with E-state index in [1.807, 2.05) is 0 Å². The molecule has 3 heterocycles. The van der Waals surface area contributed by atoms with E-state index < -0.39 is 8.07 Å². The number of hydrogen-bond donors (Lipinski definition) is 0. The van der Waals surface area contributed by atoms with Crippen molar-refractivity contribution in [3.05, 3.63) is 249 Å². The molecule has 0 saturated heterocycles. The summed E-state index contributed by atoms with van der Waals surface area (Å²) in [6, 6.07) is 92.3. The molecule has 0 unspecified atom stereocenters. The van der Waals surface area contributed by atoms with Gasteiger partial charge in [0.2, 0.25) is 0 Å². The van der Waals surface area contributed by atoms with E-state index in [2.05, 4.69) is 262 Å². The lowest BCUT2D eigenvalue weighted by Crippen LogP contribution is -2.74. The van der Waals surface area contributed by atoms with Crippen LogP contribution in [0.25, 0.3) is 82.5 Å². The van der Waals surface area contributed by atoms with Crippen LogP contribution in [0.2, 0.25) is 0 Å². The van der Waals surface area contributed by atoms with Crippen molar-refractivity contribution in [2.75, 3.05) is 0 Å². The molecule has 3 nitrogen and oxygen atoms in total. The molecule has 0 aliphatic rings. The van der Waals surface area contributed by atoms with Gasteiger partial charge in [0.05, 0.1) is 44.5 Å². The number of benzene rings is 10. The van der Waals surface area contributed by atoms with E-state index in [1.54, 1.807) is 0 Å². The molecule has 13 rings (SSSR count). The largest absolute Gasteiger partial charge is 0.309 e. The molecule has 0 aliphatic heterocycles. The highest BCUT2D eigenvalue weighted by Gasteiger charge is 2.41. The Hall–Kier alpha value is -8.18. The summed E-state index contributed by atoms with van der Waals surface area (Å²) in [4.78, 5) is 0. The fourth-order valence-electron chi connectivity index (χ4n) is 11.0. The number of nitrogens with zero attached hydrogens (tertiary/aromatic N) is 3. The second-order valence-corrected chi connectivity index (χ2v) is 20.6. The highest BCUT2D eigenvalue weighted by atomic mass is 28.3. The van der Waals surface area contributed by atoms with Crippen LogP contribution in [0.3, 0.4) is 0 Å². The summed E-state index contributed by atoms with van der Waals surface area (Å²) < 4.78 is 7.51. The van der Waals surface area contributed by atoms with Crippen LogP contribution in [-0.2, 0) is 0 Å². The van der Waals surface area contributed by atoms with Crippen LogP contribution < -0.4 is 20.7 Å². The number of fused-ring (bicyclic) bond motifs is 9. The van der Waals surface area contributed by atoms with Gasteiger partial charge in [0.25, 0.3) is 0 Å². The van der Waals surface area contributed by atoms with Gasteiger partial charge in [-0.2, -0.15) is 0 Å². The van der Waals surface area contributed by atoms with Gasteiger partial charge in [0, 0.05) is 38.0 Å². The minimum absolute atomic E-state index is 1.13. The van der Waals surface area contributed by atoms with Crippen LogP contribution in [0, 0.1) is 0 Å². The Morgan fingerprint density at radius 3 is 1.05 bits per heavy atom. The maximum atomic E-state index is 2.56. The zero-order valence-electron chi connectivity index (χ0n) is 35.0. The van der Waals surface area contributed by atoms with Gasteiger partial charge in [-0.15, -0.1) is 0 Å². The first-order valence-electron chi connectivity index (χ1n) is 22.1. The Balaban J connectivity index is 1.19. The van der Waals surface area contributed by atoms with Crippen LogP contribution in [0.1, 0.15) is 0 Å². The Labute approximate surface area is 372 Å². The first kappa shape index (κ1) is 36.5. The third-order valence-corrected chi connectivity index (χ3v) is 18.4. The molecule has 0 aliphatic carbocycles. The van der Waals surface area contributed by atoms with Crippen LogP contribution in [0.15, 0.2) is 249 Å². The summed E-state index contributed by atoms with van der Waals surface area (Å²) in [6.45, 7) is 0. The predicted octanol–water partition coefficient (Wildman–Crippen LogP) is 12.4. The summed E-state index contributed by atoms with van der Waals surface area (Å²) in [5.74, 6) is 0. The Morgan fingerprint density at radius 2 is 0.594 bits per heavy atom. The molecule has 300 valence electrons. The van der Waals surface area contributed by atoms with Crippen molar-refractivity contribution >= 4 is 94.2 Å². The molecule has 4 heteroatoms. The SMILES string of the molecule is c1ccc(-n2c3cccc(-n4c5ccccc5c5ccccc54)c3c3c(-n4c5ccccc5c5ccc([Si](c6ccccc6)(c6ccccc6)c6ccccc6)cc54)cccc32)cc1. The molecule has 0 atom stereocenters. The number of rotatable bonds is 7. The van der Waals surface area contributed by atoms with Crippen LogP contribution in [0.5, 0.6) is 0 Å². The van der Waals surface area contributed by atoms with Crippen molar-refractivity contribution in [1.29, 1.82) is 0 Å². The summed E-state index contributed by atoms with van der Waals surface area (Å²) in [7, 11) is -2.85. The lowest BCUT2D eigenvalue weighted by Gasteiger charge is -2.34. The molecule has 10 aromatic carbocycles. The molecular formula is C60H41N3Si. The Bertz CT molecular complexity index is 3730. The van der Waals surface area contributed by atoms with E-state index in [9.17, 15) is 0 Å². The predicted molar refractivity (Wildman–Crippen MR) is 273 cm³/mol. The minimum Gasteiger partial charge on any atom is -0.309 e. The van der Waals surface area contributed by atoms with Crippen LogP contribution >= 0.6 is 0 Å². The molecular weight excluding hydrogens is 791 g/mol. The molecule has 0 saturated carbocycles. The second kappa shape index (κ2) is 14.5. The first-order chi connectivity index (χ1) is 31.8. The lowest BCUT2D eigenvalue weighted by molar-refractivity contribution is 1.16. The van der Waals surface area contributed by atoms with E-state index in [0.717, 1.165) is 28.1 Å². The van der Waals surface area contributed by atoms with Gasteiger partial charge >= 0.3 is 0 Å². The highest BCUT2D eigenvalue weighted by molar-refractivity contribution is 7.20. The molecule has 0 amide bonds. The first-order valence-corrected chi connectivity index (χ1v) is 24.1. The Kier molecular flexibility index (Phi) is 8.23.